The molecule has 0 saturated carbocycles. The van der Waals surface area contributed by atoms with Gasteiger partial charge in [0.2, 0.25) is 11.5 Å². The highest BCUT2D eigenvalue weighted by Crippen LogP contribution is 2.23. The maximum Gasteiger partial charge on any atom is 0.383 e. The van der Waals surface area contributed by atoms with Crippen LogP contribution in [-0.2, 0) is 16.0 Å². The lowest BCUT2D eigenvalue weighted by molar-refractivity contribution is -0.135. The Bertz CT molecular complexity index is 559. The second-order valence-corrected chi connectivity index (χ2v) is 4.04. The molecule has 1 aromatic rings. The molecule has 0 aromatic heterocycles. The smallest absolute Gasteiger partial charge is 0.383 e. The summed E-state index contributed by atoms with van der Waals surface area (Å²) in [5.41, 5.74) is 0.875. The van der Waals surface area contributed by atoms with E-state index in [2.05, 4.69) is 4.74 Å². The van der Waals surface area contributed by atoms with E-state index in [1.165, 1.54) is 6.08 Å². The zero-order valence-corrected chi connectivity index (χ0v) is 10.5. The second kappa shape index (κ2) is 6.10. The number of cyclic esters (lactones) is 1. The van der Waals surface area contributed by atoms with Gasteiger partial charge < -0.3 is 19.7 Å². The highest BCUT2D eigenvalue weighted by atomic mass is 18.2. The minimum absolute atomic E-state index is 0.0112. The van der Waals surface area contributed by atoms with Crippen molar-refractivity contribution in [3.05, 3.63) is 53.2 Å². The van der Waals surface area contributed by atoms with E-state index < -0.39 is 24.2 Å². The number of benzene rings is 1. The number of ether oxygens (including phenoxy) is 2. The predicted molar refractivity (Wildman–Crippen MR) is 68.1 cm³/mol. The number of allylic oxidation sites excluding steroid dienone is 1. The molecule has 0 bridgehead atoms. The first-order valence-electron chi connectivity index (χ1n) is 5.94. The summed E-state index contributed by atoms with van der Waals surface area (Å²) in [6, 6.07) is 6.92. The largest absolute Gasteiger partial charge is 0.502 e. The summed E-state index contributed by atoms with van der Waals surface area (Å²) in [5, 5.41) is 18.5. The van der Waals surface area contributed by atoms with Crippen molar-refractivity contribution in [1.82, 2.24) is 0 Å². The Kier molecular flexibility index (Phi) is 4.24. The Morgan fingerprint density at radius 2 is 1.90 bits per heavy atom. The molecule has 1 heterocycles. The van der Waals surface area contributed by atoms with Crippen LogP contribution in [0.15, 0.2) is 47.6 Å². The summed E-state index contributed by atoms with van der Waals surface area (Å²) in [6.07, 6.45) is 1.87. The lowest BCUT2D eigenvalue weighted by Gasteiger charge is -2.04. The fourth-order valence-corrected chi connectivity index (χ4v) is 1.64. The van der Waals surface area contributed by atoms with E-state index in [9.17, 15) is 14.3 Å². The number of esters is 1. The number of aliphatic hydroxyl groups excluding tert-OH is 2. The van der Waals surface area contributed by atoms with Crippen LogP contribution in [0.3, 0.4) is 0 Å². The highest BCUT2D eigenvalue weighted by molar-refractivity contribution is 5.91. The van der Waals surface area contributed by atoms with Crippen molar-refractivity contribution >= 4 is 5.97 Å². The number of carbonyl (C=O) groups is 1. The Morgan fingerprint density at radius 3 is 2.45 bits per heavy atom. The summed E-state index contributed by atoms with van der Waals surface area (Å²) < 4.78 is 21.7. The molecule has 1 aliphatic heterocycles. The molecule has 0 saturated heterocycles. The SMILES string of the molecule is O=C1O/C(=C/Cc2ccc(OCC[18F])cc2)C(O)=C1O. The quantitative estimate of drug-likeness (QED) is 0.809. The fourth-order valence-electron chi connectivity index (χ4n) is 1.64. The molecule has 0 unspecified atom stereocenters. The summed E-state index contributed by atoms with van der Waals surface area (Å²) in [7, 11) is 0. The molecule has 106 valence electrons. The molecule has 0 spiro atoms. The molecule has 5 nitrogen and oxygen atoms in total. The van der Waals surface area contributed by atoms with Gasteiger partial charge in [-0.3, -0.25) is 0 Å². The number of rotatable bonds is 5. The Morgan fingerprint density at radius 1 is 1.20 bits per heavy atom. The number of hydrogen-bond donors (Lipinski definition) is 2. The van der Waals surface area contributed by atoms with Crippen LogP contribution in [-0.4, -0.2) is 29.5 Å². The van der Waals surface area contributed by atoms with Crippen LogP contribution in [0.2, 0.25) is 0 Å². The van der Waals surface area contributed by atoms with Crippen LogP contribution >= 0.6 is 0 Å². The lowest BCUT2D eigenvalue weighted by atomic mass is 10.1. The maximum atomic E-state index is 11.9. The maximum absolute atomic E-state index is 11.9. The van der Waals surface area contributed by atoms with E-state index in [0.29, 0.717) is 12.2 Å². The van der Waals surface area contributed by atoms with E-state index in [4.69, 9.17) is 9.84 Å². The molecule has 6 heteroatoms. The van der Waals surface area contributed by atoms with Crippen molar-refractivity contribution in [2.24, 2.45) is 0 Å². The molecular weight excluding hydrogens is 266 g/mol. The molecule has 1 aliphatic rings. The van der Waals surface area contributed by atoms with Gasteiger partial charge in [-0.15, -0.1) is 0 Å². The van der Waals surface area contributed by atoms with Crippen LogP contribution < -0.4 is 4.74 Å². The van der Waals surface area contributed by atoms with Crippen molar-refractivity contribution in [2.45, 2.75) is 6.42 Å². The van der Waals surface area contributed by atoms with E-state index in [1.54, 1.807) is 24.3 Å². The predicted octanol–water partition coefficient (Wildman–Crippen LogP) is 2.35. The zero-order chi connectivity index (χ0) is 14.5. The first-order chi connectivity index (χ1) is 9.61. The third kappa shape index (κ3) is 3.09. The van der Waals surface area contributed by atoms with Crippen molar-refractivity contribution in [2.75, 3.05) is 13.3 Å². The highest BCUT2D eigenvalue weighted by Gasteiger charge is 2.29. The van der Waals surface area contributed by atoms with Crippen molar-refractivity contribution < 1.29 is 28.9 Å². The summed E-state index contributed by atoms with van der Waals surface area (Å²) in [4.78, 5) is 11.0. The van der Waals surface area contributed by atoms with Gasteiger partial charge >= 0.3 is 5.97 Å². The molecule has 1 aromatic carbocycles. The van der Waals surface area contributed by atoms with Gasteiger partial charge in [0.05, 0.1) is 0 Å². The molecule has 20 heavy (non-hydrogen) atoms. The normalized spacial score (nSPS) is 16.6. The van der Waals surface area contributed by atoms with Crippen molar-refractivity contribution in [1.29, 1.82) is 0 Å². The first-order valence-corrected chi connectivity index (χ1v) is 5.94. The van der Waals surface area contributed by atoms with Gasteiger partial charge in [0, 0.05) is 0 Å². The average molecular weight is 279 g/mol. The summed E-state index contributed by atoms with van der Waals surface area (Å²) in [5.74, 6) is -1.81. The third-order valence-corrected chi connectivity index (χ3v) is 2.65. The van der Waals surface area contributed by atoms with Gasteiger partial charge in [-0.2, -0.15) is 0 Å². The van der Waals surface area contributed by atoms with E-state index in [-0.39, 0.29) is 12.4 Å². The number of carbonyl (C=O) groups excluding carboxylic acids is 1. The van der Waals surface area contributed by atoms with Crippen LogP contribution in [0.5, 0.6) is 5.75 Å². The van der Waals surface area contributed by atoms with Crippen molar-refractivity contribution in [3.8, 4) is 5.75 Å². The van der Waals surface area contributed by atoms with Crippen molar-refractivity contribution in [3.63, 3.8) is 0 Å². The topological polar surface area (TPSA) is 76.0 Å². The van der Waals surface area contributed by atoms with Gasteiger partial charge in [0.1, 0.15) is 19.0 Å². The Hall–Kier alpha value is -2.50. The lowest BCUT2D eigenvalue weighted by Crippen LogP contribution is -1.98. The minimum atomic E-state index is -0.969. The Labute approximate surface area is 114 Å². The first kappa shape index (κ1) is 13.9. The Balaban J connectivity index is 1.99. The zero-order valence-electron chi connectivity index (χ0n) is 10.5. The van der Waals surface area contributed by atoms with Crippen LogP contribution in [0.25, 0.3) is 0 Å². The van der Waals surface area contributed by atoms with Gasteiger partial charge in [0.15, 0.2) is 5.76 Å². The molecule has 0 fully saturated rings. The van der Waals surface area contributed by atoms with E-state index in [0.717, 1.165) is 5.56 Å². The monoisotopic (exact) mass is 279 g/mol. The van der Waals surface area contributed by atoms with E-state index in [1.807, 2.05) is 0 Å². The fraction of sp³-hybridized carbons (Fsp3) is 0.214. The molecule has 2 rings (SSSR count). The number of alkyl halides is 1. The number of hydrogen-bond acceptors (Lipinski definition) is 5. The van der Waals surface area contributed by atoms with Gasteiger partial charge in [-0.25, -0.2) is 9.18 Å². The number of aliphatic hydroxyl groups is 2. The molecule has 0 aliphatic carbocycles. The number of halogens is 1. The van der Waals surface area contributed by atoms with Gasteiger partial charge in [0.25, 0.3) is 0 Å². The molecule has 0 atom stereocenters. The molecule has 0 radical (unpaired) electrons. The van der Waals surface area contributed by atoms with Gasteiger partial charge in [-0.1, -0.05) is 12.1 Å². The van der Waals surface area contributed by atoms with Crippen LogP contribution in [0.1, 0.15) is 5.56 Å². The third-order valence-electron chi connectivity index (χ3n) is 2.65. The van der Waals surface area contributed by atoms with E-state index >= 15 is 0 Å². The minimum Gasteiger partial charge on any atom is -0.502 e. The van der Waals surface area contributed by atoms with Crippen LogP contribution in [0.4, 0.5) is 4.39 Å². The standard InChI is InChI=1S/C14H13FO5/c15-7-8-19-10-4-1-9(2-5-10)3-6-11-12(16)13(17)14(18)20-11/h1-2,4-6,16-17H,3,7-8H2/b11-6+/i15-1. The summed E-state index contributed by atoms with van der Waals surface area (Å²) in [6.45, 7) is -0.536. The molecule has 2 N–H and O–H groups in total. The summed E-state index contributed by atoms with van der Waals surface area (Å²) >= 11 is 0. The molecule has 0 amide bonds. The molecular formula is C14H13FO5. The average Bonchev–Trinajstić information content (AvgIpc) is 2.71. The second-order valence-electron chi connectivity index (χ2n) is 4.04. The van der Waals surface area contributed by atoms with Crippen LogP contribution in [0, 0.1) is 0 Å². The van der Waals surface area contributed by atoms with Gasteiger partial charge in [-0.05, 0) is 30.2 Å².